The molecule has 1 heterocycles. The second-order valence-corrected chi connectivity index (χ2v) is 10.3. The van der Waals surface area contributed by atoms with Gasteiger partial charge in [-0.1, -0.05) is 38.5 Å². The normalized spacial score (nSPS) is 22.7. The number of esters is 5. The van der Waals surface area contributed by atoms with Crippen molar-refractivity contribution in [3.8, 4) is 0 Å². The van der Waals surface area contributed by atoms with E-state index in [0.717, 1.165) is 51.4 Å². The lowest BCUT2D eigenvalue weighted by Crippen LogP contribution is -2.61. The van der Waals surface area contributed by atoms with E-state index in [-0.39, 0.29) is 12.6 Å². The predicted molar refractivity (Wildman–Crippen MR) is 138 cm³/mol. The van der Waals surface area contributed by atoms with Gasteiger partial charge in [-0.15, -0.1) is 11.8 Å². The van der Waals surface area contributed by atoms with Crippen LogP contribution in [0, 0.1) is 0 Å². The minimum atomic E-state index is -1.13. The fourth-order valence-corrected chi connectivity index (χ4v) is 5.28. The molecule has 0 saturated carbocycles. The van der Waals surface area contributed by atoms with Gasteiger partial charge >= 0.3 is 29.8 Å². The van der Waals surface area contributed by atoms with Gasteiger partial charge in [0.15, 0.2) is 18.3 Å². The molecular formula is C26H42O11S. The third-order valence-corrected chi connectivity index (χ3v) is 6.97. The summed E-state index contributed by atoms with van der Waals surface area (Å²) in [4.78, 5) is 58.1. The molecule has 38 heavy (non-hydrogen) atoms. The maximum absolute atomic E-state index is 11.9. The number of ether oxygens (including phenoxy) is 6. The van der Waals surface area contributed by atoms with Crippen molar-refractivity contribution in [1.29, 1.82) is 0 Å². The van der Waals surface area contributed by atoms with Crippen molar-refractivity contribution >= 4 is 41.6 Å². The van der Waals surface area contributed by atoms with Gasteiger partial charge in [0, 0.05) is 34.1 Å². The Morgan fingerprint density at radius 1 is 0.658 bits per heavy atom. The van der Waals surface area contributed by atoms with E-state index in [2.05, 4.69) is 4.74 Å². The molecule has 1 fully saturated rings. The van der Waals surface area contributed by atoms with Crippen LogP contribution in [-0.4, -0.2) is 79.2 Å². The first-order valence-corrected chi connectivity index (χ1v) is 14.1. The summed E-state index contributed by atoms with van der Waals surface area (Å²) in [6, 6.07) is 0. The quantitative estimate of drug-likeness (QED) is 0.146. The molecule has 0 spiro atoms. The number of methoxy groups -OCH3 is 1. The van der Waals surface area contributed by atoms with Crippen LogP contribution in [0.3, 0.4) is 0 Å². The van der Waals surface area contributed by atoms with Crippen LogP contribution in [0.4, 0.5) is 0 Å². The van der Waals surface area contributed by atoms with Gasteiger partial charge in [-0.2, -0.15) is 0 Å². The van der Waals surface area contributed by atoms with Gasteiger partial charge in [0.2, 0.25) is 0 Å². The first kappa shape index (κ1) is 33.7. The van der Waals surface area contributed by atoms with Crippen molar-refractivity contribution in [2.75, 3.05) is 19.5 Å². The molecule has 218 valence electrons. The zero-order valence-corrected chi connectivity index (χ0v) is 23.9. The highest BCUT2D eigenvalue weighted by Crippen LogP contribution is 2.34. The highest BCUT2D eigenvalue weighted by atomic mass is 32.2. The average Bonchev–Trinajstić information content (AvgIpc) is 2.83. The van der Waals surface area contributed by atoms with Gasteiger partial charge < -0.3 is 28.4 Å². The summed E-state index contributed by atoms with van der Waals surface area (Å²) >= 11 is 1.40. The standard InChI is InChI=1S/C26H42O11S/c1-17(27)33-16-21-23(34-18(2)28)24(35-19(3)29)25(36-20(4)30)26(37-21)38-15-13-11-9-7-6-8-10-12-14-22(31)32-5/h21,23-26H,6-16H2,1-5H3/t21-,23-,24+,25-,26+/m1/s1. The highest BCUT2D eigenvalue weighted by Gasteiger charge is 2.52. The summed E-state index contributed by atoms with van der Waals surface area (Å²) in [7, 11) is 1.40. The lowest BCUT2D eigenvalue weighted by atomic mass is 9.99. The lowest BCUT2D eigenvalue weighted by molar-refractivity contribution is -0.237. The largest absolute Gasteiger partial charge is 0.469 e. The molecule has 0 unspecified atom stereocenters. The van der Waals surface area contributed by atoms with Crippen LogP contribution in [0.5, 0.6) is 0 Å². The van der Waals surface area contributed by atoms with Gasteiger partial charge in [0.25, 0.3) is 0 Å². The maximum Gasteiger partial charge on any atom is 0.305 e. The topological polar surface area (TPSA) is 141 Å². The Kier molecular flexibility index (Phi) is 16.7. The van der Waals surface area contributed by atoms with E-state index in [0.29, 0.717) is 12.2 Å². The Labute approximate surface area is 228 Å². The number of rotatable bonds is 17. The summed E-state index contributed by atoms with van der Waals surface area (Å²) in [6.07, 6.45) is 4.35. The molecule has 12 heteroatoms. The minimum absolute atomic E-state index is 0.167. The molecular weight excluding hydrogens is 520 g/mol. The van der Waals surface area contributed by atoms with Crippen molar-refractivity contribution in [2.45, 2.75) is 115 Å². The Hall–Kier alpha value is -2.34. The molecule has 0 bridgehead atoms. The van der Waals surface area contributed by atoms with Crippen molar-refractivity contribution in [3.05, 3.63) is 0 Å². The Morgan fingerprint density at radius 2 is 1.16 bits per heavy atom. The van der Waals surface area contributed by atoms with Gasteiger partial charge in [-0.3, -0.25) is 24.0 Å². The van der Waals surface area contributed by atoms with Gasteiger partial charge in [-0.05, 0) is 18.6 Å². The molecule has 0 N–H and O–H groups in total. The van der Waals surface area contributed by atoms with Crippen LogP contribution in [0.25, 0.3) is 0 Å². The molecule has 0 radical (unpaired) electrons. The molecule has 5 atom stereocenters. The molecule has 1 rings (SSSR count). The monoisotopic (exact) mass is 562 g/mol. The van der Waals surface area contributed by atoms with E-state index in [1.165, 1.54) is 46.6 Å². The Morgan fingerprint density at radius 3 is 1.68 bits per heavy atom. The van der Waals surface area contributed by atoms with E-state index >= 15 is 0 Å². The van der Waals surface area contributed by atoms with Gasteiger partial charge in [0.05, 0.1) is 7.11 Å². The lowest BCUT2D eigenvalue weighted by Gasteiger charge is -2.44. The molecule has 1 aliphatic heterocycles. The van der Waals surface area contributed by atoms with E-state index < -0.39 is 53.7 Å². The maximum atomic E-state index is 11.9. The zero-order valence-electron chi connectivity index (χ0n) is 23.1. The molecule has 0 aromatic carbocycles. The second kappa shape index (κ2) is 18.8. The Balaban J connectivity index is 2.68. The molecule has 0 aromatic heterocycles. The second-order valence-electron chi connectivity index (χ2n) is 9.09. The highest BCUT2D eigenvalue weighted by molar-refractivity contribution is 7.99. The van der Waals surface area contributed by atoms with Crippen molar-refractivity contribution in [1.82, 2.24) is 0 Å². The van der Waals surface area contributed by atoms with E-state index in [4.69, 9.17) is 23.7 Å². The third kappa shape index (κ3) is 14.0. The number of thioether (sulfide) groups is 1. The van der Waals surface area contributed by atoms with Crippen LogP contribution in [0.1, 0.15) is 85.5 Å². The van der Waals surface area contributed by atoms with Crippen molar-refractivity contribution in [3.63, 3.8) is 0 Å². The van der Waals surface area contributed by atoms with E-state index in [1.54, 1.807) is 0 Å². The minimum Gasteiger partial charge on any atom is -0.469 e. The molecule has 0 aliphatic carbocycles. The average molecular weight is 563 g/mol. The number of unbranched alkanes of at least 4 members (excludes halogenated alkanes) is 7. The van der Waals surface area contributed by atoms with Crippen LogP contribution in [0.15, 0.2) is 0 Å². The van der Waals surface area contributed by atoms with Crippen molar-refractivity contribution in [2.24, 2.45) is 0 Å². The molecule has 0 amide bonds. The fraction of sp³-hybridized carbons (Fsp3) is 0.808. The fourth-order valence-electron chi connectivity index (χ4n) is 4.06. The summed E-state index contributed by atoms with van der Waals surface area (Å²) in [5.74, 6) is -1.93. The first-order chi connectivity index (χ1) is 18.0. The van der Waals surface area contributed by atoms with Gasteiger partial charge in [0.1, 0.15) is 18.1 Å². The van der Waals surface area contributed by atoms with Crippen LogP contribution in [-0.2, 0) is 52.4 Å². The summed E-state index contributed by atoms with van der Waals surface area (Å²) in [5.41, 5.74) is -0.731. The smallest absolute Gasteiger partial charge is 0.305 e. The molecule has 1 saturated heterocycles. The number of carbonyl (C=O) groups is 5. The number of carbonyl (C=O) groups excluding carboxylic acids is 5. The third-order valence-electron chi connectivity index (χ3n) is 5.73. The van der Waals surface area contributed by atoms with Gasteiger partial charge in [-0.25, -0.2) is 0 Å². The summed E-state index contributed by atoms with van der Waals surface area (Å²) in [5, 5.41) is 0. The van der Waals surface area contributed by atoms with Crippen LogP contribution < -0.4 is 0 Å². The first-order valence-electron chi connectivity index (χ1n) is 13.0. The SMILES string of the molecule is COC(=O)CCCCCCCCCCS[C@@H]1O[C@H](COC(C)=O)[C@@H](OC(C)=O)[C@H](OC(C)=O)[C@H]1OC(C)=O. The molecule has 1 aliphatic rings. The summed E-state index contributed by atoms with van der Waals surface area (Å²) < 4.78 is 32.1. The summed E-state index contributed by atoms with van der Waals surface area (Å²) in [6.45, 7) is 4.64. The van der Waals surface area contributed by atoms with E-state index in [9.17, 15) is 24.0 Å². The number of hydrogen-bond donors (Lipinski definition) is 0. The predicted octanol–water partition coefficient (Wildman–Crippen LogP) is 3.49. The Bertz CT molecular complexity index is 772. The number of hydrogen-bond acceptors (Lipinski definition) is 12. The van der Waals surface area contributed by atoms with Crippen LogP contribution >= 0.6 is 11.8 Å². The van der Waals surface area contributed by atoms with Crippen LogP contribution in [0.2, 0.25) is 0 Å². The van der Waals surface area contributed by atoms with Crippen molar-refractivity contribution < 1.29 is 52.4 Å². The molecule has 0 aromatic rings. The molecule has 11 nitrogen and oxygen atoms in total. The van der Waals surface area contributed by atoms with E-state index in [1.807, 2.05) is 0 Å². The zero-order chi connectivity index (χ0) is 28.5.